The molecule has 0 saturated carbocycles. The molecule has 0 spiro atoms. The van der Waals surface area contributed by atoms with Crippen LogP contribution in [-0.2, 0) is 9.53 Å². The zero-order chi connectivity index (χ0) is 8.85. The monoisotopic (exact) mass is 155 g/mol. The second kappa shape index (κ2) is 4.30. The van der Waals surface area contributed by atoms with Crippen molar-refractivity contribution in [2.45, 2.75) is 6.92 Å². The number of allylic oxidation sites excluding steroid dienone is 1. The summed E-state index contributed by atoms with van der Waals surface area (Å²) in [5, 5.41) is 8.42. The molecule has 0 aromatic carbocycles. The van der Waals surface area contributed by atoms with E-state index in [1.165, 1.54) is 14.0 Å². The third-order valence-electron chi connectivity index (χ3n) is 1.09. The van der Waals surface area contributed by atoms with E-state index in [1.54, 1.807) is 6.07 Å². The van der Waals surface area contributed by atoms with E-state index in [2.05, 4.69) is 10.2 Å². The van der Waals surface area contributed by atoms with Crippen LogP contribution in [0, 0.1) is 11.3 Å². The third kappa shape index (κ3) is 2.27. The lowest BCUT2D eigenvalue weighted by Crippen LogP contribution is -2.22. The molecule has 0 aliphatic rings. The van der Waals surface area contributed by atoms with Gasteiger partial charge >= 0.3 is 5.97 Å². The maximum absolute atomic E-state index is 10.7. The van der Waals surface area contributed by atoms with Gasteiger partial charge in [-0.05, 0) is 6.92 Å². The van der Waals surface area contributed by atoms with Gasteiger partial charge in [0.25, 0.3) is 0 Å². The van der Waals surface area contributed by atoms with Gasteiger partial charge in [-0.25, -0.2) is 4.79 Å². The summed E-state index contributed by atoms with van der Waals surface area (Å²) in [4.78, 5) is 10.7. The highest BCUT2D eigenvalue weighted by Gasteiger charge is 2.11. The number of nitrogens with two attached hydrogens (primary N) is 1. The Kier molecular flexibility index (Phi) is 3.70. The molecule has 0 aromatic heterocycles. The van der Waals surface area contributed by atoms with Crippen LogP contribution in [0.1, 0.15) is 6.92 Å². The Morgan fingerprint density at radius 3 is 2.55 bits per heavy atom. The highest BCUT2D eigenvalue weighted by atomic mass is 16.5. The van der Waals surface area contributed by atoms with Crippen molar-refractivity contribution in [2.24, 2.45) is 5.84 Å². The lowest BCUT2D eigenvalue weighted by Gasteiger charge is -2.01. The van der Waals surface area contributed by atoms with Crippen molar-refractivity contribution in [1.82, 2.24) is 5.43 Å². The molecule has 0 bridgehead atoms. The molecule has 0 unspecified atom stereocenters. The van der Waals surface area contributed by atoms with Crippen molar-refractivity contribution in [1.29, 1.82) is 5.26 Å². The van der Waals surface area contributed by atoms with Crippen molar-refractivity contribution < 1.29 is 9.53 Å². The van der Waals surface area contributed by atoms with Gasteiger partial charge in [-0.15, -0.1) is 0 Å². The smallest absolute Gasteiger partial charge is 0.350 e. The minimum absolute atomic E-state index is 0.116. The van der Waals surface area contributed by atoms with E-state index in [0.29, 0.717) is 5.70 Å². The standard InChI is InChI=1S/C6H9N3O2/c1-4(9-8)5(3-7)6(10)11-2/h9H,8H2,1-2H3. The second-order valence-electron chi connectivity index (χ2n) is 1.75. The van der Waals surface area contributed by atoms with Crippen LogP contribution in [0.25, 0.3) is 0 Å². The van der Waals surface area contributed by atoms with E-state index in [4.69, 9.17) is 11.1 Å². The van der Waals surface area contributed by atoms with Crippen molar-refractivity contribution in [3.63, 3.8) is 0 Å². The van der Waals surface area contributed by atoms with Crippen LogP contribution in [0.4, 0.5) is 0 Å². The first kappa shape index (κ1) is 9.46. The maximum Gasteiger partial charge on any atom is 0.350 e. The SMILES string of the molecule is COC(=O)C(C#N)=C(C)NN. The molecule has 0 rings (SSSR count). The van der Waals surface area contributed by atoms with Gasteiger partial charge in [-0.3, -0.25) is 5.84 Å². The summed E-state index contributed by atoms with van der Waals surface area (Å²) < 4.78 is 4.31. The van der Waals surface area contributed by atoms with Crippen molar-refractivity contribution in [2.75, 3.05) is 7.11 Å². The Bertz CT molecular complexity index is 226. The number of carbonyl (C=O) groups excluding carboxylic acids is 1. The average molecular weight is 155 g/mol. The zero-order valence-electron chi connectivity index (χ0n) is 6.34. The molecule has 0 aliphatic heterocycles. The van der Waals surface area contributed by atoms with Crippen molar-refractivity contribution in [3.8, 4) is 6.07 Å². The van der Waals surface area contributed by atoms with Gasteiger partial charge < -0.3 is 10.2 Å². The van der Waals surface area contributed by atoms with E-state index in [1.807, 2.05) is 0 Å². The Morgan fingerprint density at radius 2 is 2.27 bits per heavy atom. The number of hydrogen-bond donors (Lipinski definition) is 2. The molecule has 5 nitrogen and oxygen atoms in total. The first-order valence-electron chi connectivity index (χ1n) is 2.83. The van der Waals surface area contributed by atoms with Crippen LogP contribution < -0.4 is 11.3 Å². The highest BCUT2D eigenvalue weighted by molar-refractivity contribution is 5.93. The Balaban J connectivity index is 4.69. The van der Waals surface area contributed by atoms with Gasteiger partial charge in [-0.1, -0.05) is 0 Å². The molecule has 0 amide bonds. The Morgan fingerprint density at radius 1 is 1.73 bits per heavy atom. The van der Waals surface area contributed by atoms with Crippen molar-refractivity contribution >= 4 is 5.97 Å². The molecule has 3 N–H and O–H groups in total. The predicted octanol–water partition coefficient (Wildman–Crippen LogP) is -0.580. The quantitative estimate of drug-likeness (QED) is 0.183. The lowest BCUT2D eigenvalue weighted by atomic mass is 10.2. The number of nitriles is 1. The molecule has 11 heavy (non-hydrogen) atoms. The number of ether oxygens (including phenoxy) is 1. The molecule has 0 aromatic rings. The summed E-state index contributed by atoms with van der Waals surface area (Å²) >= 11 is 0. The van der Waals surface area contributed by atoms with E-state index >= 15 is 0 Å². The van der Waals surface area contributed by atoms with Crippen molar-refractivity contribution in [3.05, 3.63) is 11.3 Å². The number of esters is 1. The fraction of sp³-hybridized carbons (Fsp3) is 0.333. The Labute approximate surface area is 64.4 Å². The maximum atomic E-state index is 10.7. The van der Waals surface area contributed by atoms with Gasteiger partial charge in [0.15, 0.2) is 5.57 Å². The summed E-state index contributed by atoms with van der Waals surface area (Å²) in [6, 6.07) is 1.67. The highest BCUT2D eigenvalue weighted by Crippen LogP contribution is 1.99. The first-order chi connectivity index (χ1) is 5.17. The van der Waals surface area contributed by atoms with Crippen LogP contribution in [0.2, 0.25) is 0 Å². The topological polar surface area (TPSA) is 88.1 Å². The molecule has 0 heterocycles. The molecule has 0 radical (unpaired) electrons. The summed E-state index contributed by atoms with van der Waals surface area (Å²) in [7, 11) is 1.20. The molecule has 0 saturated heterocycles. The molecule has 60 valence electrons. The van der Waals surface area contributed by atoms with E-state index in [9.17, 15) is 4.79 Å². The minimum Gasteiger partial charge on any atom is -0.465 e. The van der Waals surface area contributed by atoms with Gasteiger partial charge in [0.1, 0.15) is 6.07 Å². The summed E-state index contributed by atoms with van der Waals surface area (Å²) in [6.45, 7) is 1.51. The number of methoxy groups -OCH3 is 1. The number of hydrazine groups is 1. The molecule has 0 fully saturated rings. The summed E-state index contributed by atoms with van der Waals surface area (Å²) in [5.74, 6) is 4.28. The zero-order valence-corrected chi connectivity index (χ0v) is 6.34. The number of rotatable bonds is 2. The normalized spacial score (nSPS) is 11.1. The molecular formula is C6H9N3O2. The lowest BCUT2D eigenvalue weighted by molar-refractivity contribution is -0.135. The third-order valence-corrected chi connectivity index (χ3v) is 1.09. The first-order valence-corrected chi connectivity index (χ1v) is 2.83. The number of nitrogens with zero attached hydrogens (tertiary/aromatic N) is 1. The fourth-order valence-corrected chi connectivity index (χ4v) is 0.457. The average Bonchev–Trinajstić information content (AvgIpc) is 2.05. The van der Waals surface area contributed by atoms with Crippen LogP contribution in [0.5, 0.6) is 0 Å². The number of nitrogens with one attached hydrogen (secondary N) is 1. The molecule has 0 aliphatic carbocycles. The fourth-order valence-electron chi connectivity index (χ4n) is 0.457. The van der Waals surface area contributed by atoms with Gasteiger partial charge in [0.2, 0.25) is 0 Å². The van der Waals surface area contributed by atoms with Gasteiger partial charge in [0, 0.05) is 5.70 Å². The number of carbonyl (C=O) groups is 1. The van der Waals surface area contributed by atoms with Crippen LogP contribution >= 0.6 is 0 Å². The van der Waals surface area contributed by atoms with E-state index in [0.717, 1.165) is 0 Å². The number of hydrogen-bond acceptors (Lipinski definition) is 5. The summed E-state index contributed by atoms with van der Waals surface area (Å²) in [5.41, 5.74) is 2.36. The van der Waals surface area contributed by atoms with E-state index < -0.39 is 5.97 Å². The summed E-state index contributed by atoms with van der Waals surface area (Å²) in [6.07, 6.45) is 0. The second-order valence-corrected chi connectivity index (χ2v) is 1.75. The molecular weight excluding hydrogens is 146 g/mol. The van der Waals surface area contributed by atoms with Crippen LogP contribution in [-0.4, -0.2) is 13.1 Å². The van der Waals surface area contributed by atoms with Gasteiger partial charge in [0.05, 0.1) is 7.11 Å². The van der Waals surface area contributed by atoms with Gasteiger partial charge in [-0.2, -0.15) is 5.26 Å². The largest absolute Gasteiger partial charge is 0.465 e. The van der Waals surface area contributed by atoms with Crippen LogP contribution in [0.3, 0.4) is 0 Å². The molecule has 0 atom stereocenters. The molecule has 5 heteroatoms. The minimum atomic E-state index is -0.692. The van der Waals surface area contributed by atoms with Crippen LogP contribution in [0.15, 0.2) is 11.3 Å². The van der Waals surface area contributed by atoms with E-state index in [-0.39, 0.29) is 5.57 Å². The predicted molar refractivity (Wildman–Crippen MR) is 37.7 cm³/mol. The Hall–Kier alpha value is -1.54.